The first-order chi connectivity index (χ1) is 5.31. The van der Waals surface area contributed by atoms with Crippen LogP contribution in [0.4, 0.5) is 0 Å². The standard InChI is InChI=1S/C11H18/c1-4-6-7-8-9-10-11(3)5-2/h4,6-11H,5H2,1-3H3. The summed E-state index contributed by atoms with van der Waals surface area (Å²) in [5.41, 5.74) is 0. The van der Waals surface area contributed by atoms with Crippen LogP contribution in [0.15, 0.2) is 36.5 Å². The van der Waals surface area contributed by atoms with E-state index in [-0.39, 0.29) is 0 Å². The molecule has 0 heteroatoms. The molecule has 0 aromatic heterocycles. The second-order valence-electron chi connectivity index (χ2n) is 2.68. The highest BCUT2D eigenvalue weighted by atomic mass is 13.9. The molecule has 0 N–H and O–H groups in total. The van der Waals surface area contributed by atoms with Crippen molar-refractivity contribution in [3.63, 3.8) is 0 Å². The Kier molecular flexibility index (Phi) is 6.81. The van der Waals surface area contributed by atoms with E-state index in [1.54, 1.807) is 0 Å². The van der Waals surface area contributed by atoms with Gasteiger partial charge in [-0.25, -0.2) is 0 Å². The molecule has 1 atom stereocenters. The normalized spacial score (nSPS) is 15.5. The summed E-state index contributed by atoms with van der Waals surface area (Å²) in [6.07, 6.45) is 13.7. The fourth-order valence-corrected chi connectivity index (χ4v) is 0.629. The van der Waals surface area contributed by atoms with E-state index in [9.17, 15) is 0 Å². The van der Waals surface area contributed by atoms with Gasteiger partial charge in [0.15, 0.2) is 0 Å². The summed E-state index contributed by atoms with van der Waals surface area (Å²) in [6.45, 7) is 6.44. The Labute approximate surface area is 70.3 Å². The molecule has 62 valence electrons. The molecule has 0 saturated heterocycles. The monoisotopic (exact) mass is 150 g/mol. The average molecular weight is 150 g/mol. The third-order valence-electron chi connectivity index (χ3n) is 1.61. The summed E-state index contributed by atoms with van der Waals surface area (Å²) in [7, 11) is 0. The molecule has 11 heavy (non-hydrogen) atoms. The van der Waals surface area contributed by atoms with Crippen molar-refractivity contribution in [2.24, 2.45) is 5.92 Å². The van der Waals surface area contributed by atoms with E-state index in [1.165, 1.54) is 6.42 Å². The first-order valence-electron chi connectivity index (χ1n) is 4.27. The van der Waals surface area contributed by atoms with E-state index < -0.39 is 0 Å². The molecule has 0 amide bonds. The van der Waals surface area contributed by atoms with Crippen molar-refractivity contribution >= 4 is 0 Å². The van der Waals surface area contributed by atoms with Gasteiger partial charge in [-0.15, -0.1) is 0 Å². The van der Waals surface area contributed by atoms with E-state index in [4.69, 9.17) is 0 Å². The molecule has 0 aliphatic carbocycles. The van der Waals surface area contributed by atoms with E-state index >= 15 is 0 Å². The average Bonchev–Trinajstić information content (AvgIpc) is 2.04. The molecular weight excluding hydrogens is 132 g/mol. The first kappa shape index (κ1) is 10.2. The maximum absolute atomic E-state index is 2.22. The summed E-state index contributed by atoms with van der Waals surface area (Å²) < 4.78 is 0. The highest BCUT2D eigenvalue weighted by Crippen LogP contribution is 2.01. The van der Waals surface area contributed by atoms with E-state index in [0.717, 1.165) is 0 Å². The SMILES string of the molecule is CC=CC=CC=CC(C)CC. The molecule has 0 spiro atoms. The van der Waals surface area contributed by atoms with Crippen molar-refractivity contribution in [3.05, 3.63) is 36.5 Å². The summed E-state index contributed by atoms with van der Waals surface area (Å²) >= 11 is 0. The second kappa shape index (κ2) is 7.33. The molecular formula is C11H18. The summed E-state index contributed by atoms with van der Waals surface area (Å²) in [4.78, 5) is 0. The quantitative estimate of drug-likeness (QED) is 0.536. The molecule has 1 unspecified atom stereocenters. The summed E-state index contributed by atoms with van der Waals surface area (Å²) in [5, 5.41) is 0. The van der Waals surface area contributed by atoms with Crippen LogP contribution < -0.4 is 0 Å². The van der Waals surface area contributed by atoms with Crippen molar-refractivity contribution < 1.29 is 0 Å². The highest BCUT2D eigenvalue weighted by molar-refractivity contribution is 5.10. The Balaban J connectivity index is 3.58. The van der Waals surface area contributed by atoms with Gasteiger partial charge in [0, 0.05) is 0 Å². The third kappa shape index (κ3) is 7.11. The highest BCUT2D eigenvalue weighted by Gasteiger charge is 1.86. The van der Waals surface area contributed by atoms with Crippen LogP contribution in [0.5, 0.6) is 0 Å². The van der Waals surface area contributed by atoms with Gasteiger partial charge in [0.05, 0.1) is 0 Å². The zero-order valence-corrected chi connectivity index (χ0v) is 7.75. The smallest absolute Gasteiger partial charge is 0.0261 e. The fourth-order valence-electron chi connectivity index (χ4n) is 0.629. The van der Waals surface area contributed by atoms with Crippen molar-refractivity contribution in [2.75, 3.05) is 0 Å². The summed E-state index contributed by atoms with van der Waals surface area (Å²) in [6, 6.07) is 0. The van der Waals surface area contributed by atoms with Gasteiger partial charge in [-0.2, -0.15) is 0 Å². The Morgan fingerprint density at radius 1 is 1.09 bits per heavy atom. The minimum Gasteiger partial charge on any atom is -0.0877 e. The number of allylic oxidation sites excluding steroid dienone is 6. The van der Waals surface area contributed by atoms with Crippen LogP contribution in [0.3, 0.4) is 0 Å². The molecule has 0 radical (unpaired) electrons. The van der Waals surface area contributed by atoms with Gasteiger partial charge >= 0.3 is 0 Å². The Bertz CT molecular complexity index is 149. The lowest BCUT2D eigenvalue weighted by molar-refractivity contribution is 0.698. The van der Waals surface area contributed by atoms with Gasteiger partial charge in [0.25, 0.3) is 0 Å². The molecule has 0 aromatic rings. The molecule has 0 aromatic carbocycles. The minimum absolute atomic E-state index is 0.699. The molecule has 0 nitrogen and oxygen atoms in total. The minimum atomic E-state index is 0.699. The van der Waals surface area contributed by atoms with Crippen LogP contribution in [0.25, 0.3) is 0 Å². The Morgan fingerprint density at radius 2 is 1.73 bits per heavy atom. The van der Waals surface area contributed by atoms with Crippen molar-refractivity contribution in [1.82, 2.24) is 0 Å². The van der Waals surface area contributed by atoms with E-state index in [1.807, 2.05) is 25.2 Å². The number of hydrogen-bond acceptors (Lipinski definition) is 0. The van der Waals surface area contributed by atoms with Gasteiger partial charge in [0.2, 0.25) is 0 Å². The molecule has 0 aliphatic rings. The van der Waals surface area contributed by atoms with Crippen molar-refractivity contribution in [1.29, 1.82) is 0 Å². The molecule has 0 fully saturated rings. The maximum atomic E-state index is 2.22. The van der Waals surface area contributed by atoms with Crippen LogP contribution in [-0.4, -0.2) is 0 Å². The topological polar surface area (TPSA) is 0 Å². The van der Waals surface area contributed by atoms with Gasteiger partial charge in [-0.3, -0.25) is 0 Å². The van der Waals surface area contributed by atoms with Crippen LogP contribution in [-0.2, 0) is 0 Å². The maximum Gasteiger partial charge on any atom is -0.0261 e. The van der Waals surface area contributed by atoms with Crippen LogP contribution in [0.1, 0.15) is 27.2 Å². The Hall–Kier alpha value is -0.780. The van der Waals surface area contributed by atoms with Crippen molar-refractivity contribution in [3.8, 4) is 0 Å². The molecule has 0 rings (SSSR count). The number of rotatable bonds is 4. The van der Waals surface area contributed by atoms with Crippen molar-refractivity contribution in [2.45, 2.75) is 27.2 Å². The zero-order chi connectivity index (χ0) is 8.53. The first-order valence-corrected chi connectivity index (χ1v) is 4.27. The predicted molar refractivity (Wildman–Crippen MR) is 52.5 cm³/mol. The van der Waals surface area contributed by atoms with Gasteiger partial charge in [-0.1, -0.05) is 56.7 Å². The predicted octanol–water partition coefficient (Wildman–Crippen LogP) is 3.72. The zero-order valence-electron chi connectivity index (χ0n) is 7.75. The number of hydrogen-bond donors (Lipinski definition) is 0. The molecule has 0 aliphatic heterocycles. The van der Waals surface area contributed by atoms with E-state index in [0.29, 0.717) is 5.92 Å². The summed E-state index contributed by atoms with van der Waals surface area (Å²) in [5.74, 6) is 0.699. The van der Waals surface area contributed by atoms with Crippen LogP contribution >= 0.6 is 0 Å². The lowest BCUT2D eigenvalue weighted by atomic mass is 10.1. The van der Waals surface area contributed by atoms with Gasteiger partial charge in [-0.05, 0) is 12.8 Å². The second-order valence-corrected chi connectivity index (χ2v) is 2.68. The van der Waals surface area contributed by atoms with Crippen LogP contribution in [0.2, 0.25) is 0 Å². The van der Waals surface area contributed by atoms with Gasteiger partial charge in [0.1, 0.15) is 0 Å². The third-order valence-corrected chi connectivity index (χ3v) is 1.61. The lowest BCUT2D eigenvalue weighted by Crippen LogP contribution is -1.82. The molecule has 0 heterocycles. The largest absolute Gasteiger partial charge is 0.0877 e. The fraction of sp³-hybridized carbons (Fsp3) is 0.455. The van der Waals surface area contributed by atoms with Crippen LogP contribution in [0, 0.1) is 5.92 Å². The Morgan fingerprint density at radius 3 is 2.27 bits per heavy atom. The van der Waals surface area contributed by atoms with E-state index in [2.05, 4.69) is 32.1 Å². The molecule has 0 bridgehead atoms. The lowest BCUT2D eigenvalue weighted by Gasteiger charge is -1.96. The molecule has 0 saturated carbocycles. The van der Waals surface area contributed by atoms with Gasteiger partial charge < -0.3 is 0 Å².